The van der Waals surface area contributed by atoms with Gasteiger partial charge in [0, 0.05) is 5.38 Å². The lowest BCUT2D eigenvalue weighted by Crippen LogP contribution is -2.09. The van der Waals surface area contributed by atoms with Crippen molar-refractivity contribution in [1.82, 2.24) is 9.97 Å². The number of aromatic nitrogens is 2. The molecule has 5 heteroatoms. The number of nitrogens with zero attached hydrogens (tertiary/aromatic N) is 2. The van der Waals surface area contributed by atoms with Gasteiger partial charge in [0.1, 0.15) is 0 Å². The zero-order chi connectivity index (χ0) is 13.0. The molecule has 0 unspecified atom stereocenters. The van der Waals surface area contributed by atoms with Gasteiger partial charge >= 0.3 is 5.97 Å². The van der Waals surface area contributed by atoms with E-state index in [1.165, 1.54) is 11.3 Å². The van der Waals surface area contributed by atoms with Gasteiger partial charge in [0.25, 0.3) is 0 Å². The predicted octanol–water partition coefficient (Wildman–Crippen LogP) is 2.94. The molecule has 4 nitrogen and oxygen atoms in total. The summed E-state index contributed by atoms with van der Waals surface area (Å²) in [6.45, 7) is 4.13. The summed E-state index contributed by atoms with van der Waals surface area (Å²) in [6, 6.07) is 3.57. The maximum atomic E-state index is 11.7. The molecule has 0 aromatic carbocycles. The van der Waals surface area contributed by atoms with Crippen LogP contribution in [0.1, 0.15) is 29.9 Å². The van der Waals surface area contributed by atoms with Crippen LogP contribution in [0.3, 0.4) is 0 Å². The number of carbonyl (C=O) groups is 1. The number of pyridine rings is 1. The standard InChI is InChI=1S/C13H14N2O2S/c1-3-10-9(13(16)17-4-2)5-6-11(15-10)12-7-18-8-14-12/h5-8H,3-4H2,1-2H3. The van der Waals surface area contributed by atoms with Crippen LogP contribution in [-0.4, -0.2) is 22.5 Å². The predicted molar refractivity (Wildman–Crippen MR) is 70.7 cm³/mol. The first-order valence-electron chi connectivity index (χ1n) is 5.81. The first kappa shape index (κ1) is 12.7. The summed E-state index contributed by atoms with van der Waals surface area (Å²) in [5.74, 6) is -0.313. The zero-order valence-electron chi connectivity index (χ0n) is 10.3. The summed E-state index contributed by atoms with van der Waals surface area (Å²) in [4.78, 5) is 20.4. The summed E-state index contributed by atoms with van der Waals surface area (Å²) < 4.78 is 5.01. The highest BCUT2D eigenvalue weighted by molar-refractivity contribution is 7.07. The van der Waals surface area contributed by atoms with Crippen LogP contribution in [0.15, 0.2) is 23.0 Å². The molecule has 0 radical (unpaired) electrons. The highest BCUT2D eigenvalue weighted by atomic mass is 32.1. The monoisotopic (exact) mass is 262 g/mol. The van der Waals surface area contributed by atoms with Crippen molar-refractivity contribution in [2.75, 3.05) is 6.61 Å². The number of carbonyl (C=O) groups excluding carboxylic acids is 1. The summed E-state index contributed by atoms with van der Waals surface area (Å²) in [6.07, 6.45) is 0.687. The van der Waals surface area contributed by atoms with Gasteiger partial charge in [-0.25, -0.2) is 9.78 Å². The molecule has 0 aliphatic carbocycles. The zero-order valence-corrected chi connectivity index (χ0v) is 11.2. The molecule has 2 aromatic heterocycles. The third kappa shape index (κ3) is 2.56. The molecule has 0 aliphatic heterocycles. The minimum atomic E-state index is -0.313. The minimum Gasteiger partial charge on any atom is -0.462 e. The SMILES string of the molecule is CCOC(=O)c1ccc(-c2cscn2)nc1CC. The van der Waals surface area contributed by atoms with Gasteiger partial charge in [-0.3, -0.25) is 4.98 Å². The van der Waals surface area contributed by atoms with E-state index in [1.54, 1.807) is 24.6 Å². The summed E-state index contributed by atoms with van der Waals surface area (Å²) in [5.41, 5.74) is 4.69. The van der Waals surface area contributed by atoms with E-state index in [9.17, 15) is 4.79 Å². The largest absolute Gasteiger partial charge is 0.462 e. The van der Waals surface area contributed by atoms with E-state index in [1.807, 2.05) is 12.3 Å². The molecular formula is C13H14N2O2S. The third-order valence-corrected chi connectivity index (χ3v) is 3.09. The highest BCUT2D eigenvalue weighted by Crippen LogP contribution is 2.19. The van der Waals surface area contributed by atoms with E-state index < -0.39 is 0 Å². The van der Waals surface area contributed by atoms with Gasteiger partial charge < -0.3 is 4.74 Å². The first-order valence-corrected chi connectivity index (χ1v) is 6.76. The van der Waals surface area contributed by atoms with Crippen molar-refractivity contribution in [1.29, 1.82) is 0 Å². The first-order chi connectivity index (χ1) is 8.76. The van der Waals surface area contributed by atoms with Crippen molar-refractivity contribution < 1.29 is 9.53 Å². The van der Waals surface area contributed by atoms with Crippen LogP contribution in [0.25, 0.3) is 11.4 Å². The number of hydrogen-bond donors (Lipinski definition) is 0. The van der Waals surface area contributed by atoms with Crippen molar-refractivity contribution in [3.8, 4) is 11.4 Å². The quantitative estimate of drug-likeness (QED) is 0.795. The normalized spacial score (nSPS) is 10.3. The summed E-state index contributed by atoms with van der Waals surface area (Å²) in [5, 5.41) is 1.94. The fourth-order valence-electron chi connectivity index (χ4n) is 1.65. The van der Waals surface area contributed by atoms with Crippen LogP contribution >= 0.6 is 11.3 Å². The maximum Gasteiger partial charge on any atom is 0.339 e. The Labute approximate surface area is 110 Å². The topological polar surface area (TPSA) is 52.1 Å². The van der Waals surface area contributed by atoms with E-state index in [0.29, 0.717) is 18.6 Å². The van der Waals surface area contributed by atoms with E-state index in [2.05, 4.69) is 9.97 Å². The van der Waals surface area contributed by atoms with Crippen molar-refractivity contribution in [2.45, 2.75) is 20.3 Å². The Balaban J connectivity index is 2.37. The Kier molecular flexibility index (Phi) is 4.04. The number of thiazole rings is 1. The number of esters is 1. The smallest absolute Gasteiger partial charge is 0.339 e. The molecule has 0 bridgehead atoms. The average Bonchev–Trinajstić information content (AvgIpc) is 2.92. The number of aryl methyl sites for hydroxylation is 1. The molecule has 0 fully saturated rings. The van der Waals surface area contributed by atoms with Crippen molar-refractivity contribution in [3.05, 3.63) is 34.3 Å². The van der Waals surface area contributed by atoms with Gasteiger partial charge in [0.2, 0.25) is 0 Å². The fraction of sp³-hybridized carbons (Fsp3) is 0.308. The second-order valence-electron chi connectivity index (χ2n) is 3.64. The van der Waals surface area contributed by atoms with Gasteiger partial charge in [-0.2, -0.15) is 0 Å². The van der Waals surface area contributed by atoms with Crippen LogP contribution in [0.4, 0.5) is 0 Å². The molecule has 0 saturated carbocycles. The third-order valence-electron chi connectivity index (χ3n) is 2.50. The van der Waals surface area contributed by atoms with Gasteiger partial charge in [-0.1, -0.05) is 6.92 Å². The lowest BCUT2D eigenvalue weighted by molar-refractivity contribution is 0.0524. The second-order valence-corrected chi connectivity index (χ2v) is 4.36. The Bertz CT molecular complexity index is 538. The molecule has 0 spiro atoms. The lowest BCUT2D eigenvalue weighted by atomic mass is 10.1. The molecule has 94 valence electrons. The van der Waals surface area contributed by atoms with Crippen LogP contribution in [0.2, 0.25) is 0 Å². The minimum absolute atomic E-state index is 0.313. The maximum absolute atomic E-state index is 11.7. The van der Waals surface area contributed by atoms with E-state index in [4.69, 9.17) is 4.74 Å². The summed E-state index contributed by atoms with van der Waals surface area (Å²) in [7, 11) is 0. The number of rotatable bonds is 4. The van der Waals surface area contributed by atoms with Crippen molar-refractivity contribution in [2.24, 2.45) is 0 Å². The van der Waals surface area contributed by atoms with Crippen LogP contribution in [-0.2, 0) is 11.2 Å². The van der Waals surface area contributed by atoms with E-state index in [-0.39, 0.29) is 5.97 Å². The molecule has 2 heterocycles. The van der Waals surface area contributed by atoms with E-state index >= 15 is 0 Å². The van der Waals surface area contributed by atoms with Crippen LogP contribution in [0, 0.1) is 0 Å². The summed E-state index contributed by atoms with van der Waals surface area (Å²) >= 11 is 1.52. The average molecular weight is 262 g/mol. The number of hydrogen-bond acceptors (Lipinski definition) is 5. The Hall–Kier alpha value is -1.75. The van der Waals surface area contributed by atoms with Crippen molar-refractivity contribution >= 4 is 17.3 Å². The molecule has 0 N–H and O–H groups in total. The lowest BCUT2D eigenvalue weighted by Gasteiger charge is -2.07. The molecular weight excluding hydrogens is 248 g/mol. The highest BCUT2D eigenvalue weighted by Gasteiger charge is 2.14. The Morgan fingerprint density at radius 3 is 2.78 bits per heavy atom. The van der Waals surface area contributed by atoms with Gasteiger partial charge in [-0.05, 0) is 25.5 Å². The molecule has 2 aromatic rings. The molecule has 0 aliphatic rings. The molecule has 0 saturated heterocycles. The Morgan fingerprint density at radius 2 is 2.17 bits per heavy atom. The van der Waals surface area contributed by atoms with Gasteiger partial charge in [-0.15, -0.1) is 11.3 Å². The van der Waals surface area contributed by atoms with Gasteiger partial charge in [0.05, 0.1) is 34.8 Å². The molecule has 0 amide bonds. The molecule has 18 heavy (non-hydrogen) atoms. The van der Waals surface area contributed by atoms with Crippen LogP contribution < -0.4 is 0 Å². The molecule has 2 rings (SSSR count). The second kappa shape index (κ2) is 5.73. The van der Waals surface area contributed by atoms with E-state index in [0.717, 1.165) is 17.1 Å². The molecule has 0 atom stereocenters. The fourth-order valence-corrected chi connectivity index (χ4v) is 2.19. The number of ether oxygens (including phenoxy) is 1. The van der Waals surface area contributed by atoms with Crippen molar-refractivity contribution in [3.63, 3.8) is 0 Å². The van der Waals surface area contributed by atoms with Crippen LogP contribution in [0.5, 0.6) is 0 Å². The Morgan fingerprint density at radius 1 is 1.33 bits per heavy atom. The van der Waals surface area contributed by atoms with Gasteiger partial charge in [0.15, 0.2) is 0 Å².